The molecule has 1 heterocycles. The molecule has 1 nitrogen and oxygen atoms in total. The van der Waals surface area contributed by atoms with Crippen LogP contribution in [0.3, 0.4) is 0 Å². The normalized spacial score (nSPS) is 10.8. The molecule has 18 heavy (non-hydrogen) atoms. The van der Waals surface area contributed by atoms with E-state index in [2.05, 4.69) is 79.3 Å². The first-order valence-corrected chi connectivity index (χ1v) is 6.20. The topological polar surface area (TPSA) is 3.88 Å². The van der Waals surface area contributed by atoms with Gasteiger partial charge in [0.15, 0.2) is 11.9 Å². The van der Waals surface area contributed by atoms with Crippen LogP contribution in [0.15, 0.2) is 60.8 Å². The van der Waals surface area contributed by atoms with E-state index in [0.29, 0.717) is 0 Å². The Kier molecular flexibility index (Phi) is 2.60. The Labute approximate surface area is 107 Å². The summed E-state index contributed by atoms with van der Waals surface area (Å²) in [7, 11) is 2.07. The van der Waals surface area contributed by atoms with Crippen molar-refractivity contribution < 1.29 is 4.57 Å². The third-order valence-corrected chi connectivity index (χ3v) is 3.50. The molecule has 0 spiro atoms. The lowest BCUT2D eigenvalue weighted by Gasteiger charge is -2.06. The summed E-state index contributed by atoms with van der Waals surface area (Å²) in [6.45, 7) is 2.13. The second kappa shape index (κ2) is 4.26. The summed E-state index contributed by atoms with van der Waals surface area (Å²) < 4.78 is 2.13. The van der Waals surface area contributed by atoms with Crippen LogP contribution in [-0.4, -0.2) is 0 Å². The predicted molar refractivity (Wildman–Crippen MR) is 75.3 cm³/mol. The van der Waals surface area contributed by atoms with Crippen LogP contribution >= 0.6 is 0 Å². The molecule has 0 saturated heterocycles. The Bertz CT molecular complexity index is 708. The zero-order valence-electron chi connectivity index (χ0n) is 10.7. The molecule has 0 radical (unpaired) electrons. The largest absolute Gasteiger partial charge is 0.205 e. The minimum absolute atomic E-state index is 1.26. The third kappa shape index (κ3) is 1.78. The van der Waals surface area contributed by atoms with Crippen molar-refractivity contribution in [3.05, 3.63) is 66.5 Å². The van der Waals surface area contributed by atoms with Gasteiger partial charge in [0.25, 0.3) is 0 Å². The summed E-state index contributed by atoms with van der Waals surface area (Å²) >= 11 is 0. The predicted octanol–water partition coefficient (Wildman–Crippen LogP) is 3.64. The first kappa shape index (κ1) is 11.0. The molecule has 0 N–H and O–H groups in total. The van der Waals surface area contributed by atoms with Gasteiger partial charge in [-0.1, -0.05) is 42.5 Å². The van der Waals surface area contributed by atoms with E-state index in [1.165, 1.54) is 27.6 Å². The van der Waals surface area contributed by atoms with E-state index in [-0.39, 0.29) is 0 Å². The van der Waals surface area contributed by atoms with Crippen molar-refractivity contribution in [2.24, 2.45) is 7.05 Å². The van der Waals surface area contributed by atoms with Crippen LogP contribution in [0.4, 0.5) is 0 Å². The maximum absolute atomic E-state index is 2.24. The molecular formula is C17H16N+. The van der Waals surface area contributed by atoms with E-state index >= 15 is 0 Å². The SMILES string of the molecule is Cc1cc(-c2cccc3ccccc23)cc[n+]1C. The van der Waals surface area contributed by atoms with Crippen molar-refractivity contribution >= 4 is 10.8 Å². The van der Waals surface area contributed by atoms with E-state index < -0.39 is 0 Å². The van der Waals surface area contributed by atoms with Gasteiger partial charge in [0.1, 0.15) is 7.05 Å². The van der Waals surface area contributed by atoms with Gasteiger partial charge in [-0.25, -0.2) is 4.57 Å². The number of nitrogens with zero attached hydrogens (tertiary/aromatic N) is 1. The van der Waals surface area contributed by atoms with Gasteiger partial charge in [0, 0.05) is 19.1 Å². The highest BCUT2D eigenvalue weighted by atomic mass is 14.9. The number of benzene rings is 2. The maximum atomic E-state index is 2.24. The summed E-state index contributed by atoms with van der Waals surface area (Å²) in [5.74, 6) is 0. The molecule has 0 fully saturated rings. The zero-order chi connectivity index (χ0) is 12.5. The van der Waals surface area contributed by atoms with E-state index in [0.717, 1.165) is 0 Å². The average Bonchev–Trinajstić information content (AvgIpc) is 2.41. The maximum Gasteiger partial charge on any atom is 0.178 e. The number of hydrogen-bond acceptors (Lipinski definition) is 0. The fourth-order valence-corrected chi connectivity index (χ4v) is 2.33. The quantitative estimate of drug-likeness (QED) is 0.566. The number of aryl methyl sites for hydroxylation is 2. The van der Waals surface area contributed by atoms with Gasteiger partial charge in [-0.15, -0.1) is 0 Å². The molecule has 0 amide bonds. The van der Waals surface area contributed by atoms with Crippen molar-refractivity contribution in [1.82, 2.24) is 0 Å². The molecule has 0 bridgehead atoms. The lowest BCUT2D eigenvalue weighted by molar-refractivity contribution is -0.677. The molecule has 0 unspecified atom stereocenters. The van der Waals surface area contributed by atoms with Crippen LogP contribution in [0.5, 0.6) is 0 Å². The van der Waals surface area contributed by atoms with Crippen molar-refractivity contribution in [3.8, 4) is 11.1 Å². The summed E-state index contributed by atoms with van der Waals surface area (Å²) in [6.07, 6.45) is 2.12. The Hall–Kier alpha value is -2.15. The molecule has 0 aliphatic rings. The van der Waals surface area contributed by atoms with Crippen LogP contribution in [0, 0.1) is 6.92 Å². The molecule has 3 aromatic rings. The highest BCUT2D eigenvalue weighted by molar-refractivity contribution is 5.96. The van der Waals surface area contributed by atoms with Gasteiger partial charge in [-0.05, 0) is 21.9 Å². The molecule has 1 aromatic heterocycles. The number of fused-ring (bicyclic) bond motifs is 1. The van der Waals surface area contributed by atoms with Crippen molar-refractivity contribution in [1.29, 1.82) is 0 Å². The van der Waals surface area contributed by atoms with E-state index in [1.807, 2.05) is 0 Å². The first-order valence-electron chi connectivity index (χ1n) is 6.20. The van der Waals surface area contributed by atoms with Crippen molar-refractivity contribution in [2.45, 2.75) is 6.92 Å². The minimum Gasteiger partial charge on any atom is -0.205 e. The second-order valence-electron chi connectivity index (χ2n) is 4.69. The lowest BCUT2D eigenvalue weighted by Crippen LogP contribution is -2.30. The van der Waals surface area contributed by atoms with Crippen LogP contribution in [-0.2, 0) is 7.05 Å². The van der Waals surface area contributed by atoms with Crippen molar-refractivity contribution in [2.75, 3.05) is 0 Å². The zero-order valence-corrected chi connectivity index (χ0v) is 10.7. The summed E-state index contributed by atoms with van der Waals surface area (Å²) in [6, 6.07) is 19.4. The third-order valence-electron chi connectivity index (χ3n) is 3.50. The van der Waals surface area contributed by atoms with E-state index in [1.54, 1.807) is 0 Å². The van der Waals surface area contributed by atoms with Crippen LogP contribution < -0.4 is 4.57 Å². The molecule has 0 saturated carbocycles. The lowest BCUT2D eigenvalue weighted by atomic mass is 9.98. The van der Waals surface area contributed by atoms with Crippen molar-refractivity contribution in [3.63, 3.8) is 0 Å². The van der Waals surface area contributed by atoms with Gasteiger partial charge in [0.2, 0.25) is 0 Å². The van der Waals surface area contributed by atoms with Crippen LogP contribution in [0.2, 0.25) is 0 Å². The van der Waals surface area contributed by atoms with E-state index in [9.17, 15) is 0 Å². The van der Waals surface area contributed by atoms with Gasteiger partial charge in [0.05, 0.1) is 0 Å². The van der Waals surface area contributed by atoms with Gasteiger partial charge in [-0.2, -0.15) is 0 Å². The molecule has 1 heteroatoms. The number of aromatic nitrogens is 1. The Morgan fingerprint density at radius 2 is 1.67 bits per heavy atom. The first-order chi connectivity index (χ1) is 8.75. The molecule has 0 atom stereocenters. The fourth-order valence-electron chi connectivity index (χ4n) is 2.33. The highest BCUT2D eigenvalue weighted by Gasteiger charge is 2.07. The summed E-state index contributed by atoms with van der Waals surface area (Å²) in [5.41, 5.74) is 3.85. The smallest absolute Gasteiger partial charge is 0.178 e. The Morgan fingerprint density at radius 1 is 0.889 bits per heavy atom. The standard InChI is InChI=1S/C17H16N/c1-13-12-15(10-11-18(13)2)17-9-5-7-14-6-3-4-8-16(14)17/h3-12H,1-2H3/q+1. The minimum atomic E-state index is 1.26. The van der Waals surface area contributed by atoms with E-state index in [4.69, 9.17) is 0 Å². The monoisotopic (exact) mass is 234 g/mol. The average molecular weight is 234 g/mol. The van der Waals surface area contributed by atoms with Gasteiger partial charge < -0.3 is 0 Å². The second-order valence-corrected chi connectivity index (χ2v) is 4.69. The molecule has 2 aromatic carbocycles. The van der Waals surface area contributed by atoms with Crippen LogP contribution in [0.25, 0.3) is 21.9 Å². The fraction of sp³-hybridized carbons (Fsp3) is 0.118. The molecule has 0 aliphatic heterocycles. The molecular weight excluding hydrogens is 218 g/mol. The Balaban J connectivity index is 2.28. The number of pyridine rings is 1. The number of rotatable bonds is 1. The van der Waals surface area contributed by atoms with Crippen LogP contribution in [0.1, 0.15) is 5.69 Å². The van der Waals surface area contributed by atoms with Gasteiger partial charge >= 0.3 is 0 Å². The molecule has 0 aliphatic carbocycles. The summed E-state index contributed by atoms with van der Waals surface area (Å²) in [4.78, 5) is 0. The highest BCUT2D eigenvalue weighted by Crippen LogP contribution is 2.28. The summed E-state index contributed by atoms with van der Waals surface area (Å²) in [5, 5.41) is 2.61. The van der Waals surface area contributed by atoms with Gasteiger partial charge in [-0.3, -0.25) is 0 Å². The Morgan fingerprint density at radius 3 is 2.50 bits per heavy atom. The molecule has 88 valence electrons. The molecule has 3 rings (SSSR count). The number of hydrogen-bond donors (Lipinski definition) is 0.